The van der Waals surface area contributed by atoms with Crippen molar-refractivity contribution in [1.29, 1.82) is 0 Å². The van der Waals surface area contributed by atoms with E-state index in [1.807, 2.05) is 37.3 Å². The molecule has 1 aromatic heterocycles. The molecule has 0 saturated heterocycles. The molecule has 3 aromatic rings. The van der Waals surface area contributed by atoms with Crippen LogP contribution in [0.5, 0.6) is 0 Å². The van der Waals surface area contributed by atoms with Crippen molar-refractivity contribution in [2.24, 2.45) is 0 Å². The number of aryl methyl sites for hydroxylation is 1. The number of carbonyl (C=O) groups excluding carboxylic acids is 1. The predicted molar refractivity (Wildman–Crippen MR) is 81.4 cm³/mol. The van der Waals surface area contributed by atoms with Gasteiger partial charge >= 0.3 is 0 Å². The lowest BCUT2D eigenvalue weighted by atomic mass is 10.1. The van der Waals surface area contributed by atoms with E-state index in [-0.39, 0.29) is 5.78 Å². The minimum atomic E-state index is -0.0398. The zero-order valence-corrected chi connectivity index (χ0v) is 12.0. The van der Waals surface area contributed by atoms with Crippen LogP contribution in [-0.4, -0.2) is 5.78 Å². The maximum atomic E-state index is 11.4. The Bertz CT molecular complexity index is 815. The van der Waals surface area contributed by atoms with E-state index in [0.29, 0.717) is 10.6 Å². The molecule has 3 rings (SSSR count). The van der Waals surface area contributed by atoms with Crippen molar-refractivity contribution in [3.8, 4) is 11.3 Å². The molecule has 2 aromatic carbocycles. The molecule has 0 aliphatic rings. The van der Waals surface area contributed by atoms with Gasteiger partial charge in [0, 0.05) is 16.5 Å². The van der Waals surface area contributed by atoms with Gasteiger partial charge in [-0.25, -0.2) is 0 Å². The quantitative estimate of drug-likeness (QED) is 0.601. The number of carbonyl (C=O) groups is 1. The number of furan rings is 1. The average Bonchev–Trinajstić information content (AvgIpc) is 2.83. The van der Waals surface area contributed by atoms with E-state index in [2.05, 4.69) is 0 Å². The topological polar surface area (TPSA) is 30.2 Å². The summed E-state index contributed by atoms with van der Waals surface area (Å²) >= 11 is 6.14. The highest BCUT2D eigenvalue weighted by molar-refractivity contribution is 6.34. The molecule has 0 radical (unpaired) electrons. The molecule has 0 saturated carbocycles. The maximum absolute atomic E-state index is 11.4. The first kappa shape index (κ1) is 12.9. The van der Waals surface area contributed by atoms with Gasteiger partial charge in [-0.2, -0.15) is 0 Å². The molecule has 0 spiro atoms. The molecule has 1 heterocycles. The van der Waals surface area contributed by atoms with E-state index < -0.39 is 0 Å². The highest BCUT2D eigenvalue weighted by atomic mass is 35.5. The third kappa shape index (κ3) is 2.12. The number of Topliss-reactive ketones (excluding diaryl/α,β-unsaturated/α-hetero) is 1. The Hall–Kier alpha value is -2.06. The lowest BCUT2D eigenvalue weighted by Gasteiger charge is -2.02. The molecule has 0 aliphatic heterocycles. The maximum Gasteiger partial charge on any atom is 0.161 e. The van der Waals surface area contributed by atoms with Crippen LogP contribution < -0.4 is 0 Å². The van der Waals surface area contributed by atoms with Crippen molar-refractivity contribution in [1.82, 2.24) is 0 Å². The molecular formula is C17H13ClO2. The van der Waals surface area contributed by atoms with E-state index in [0.717, 1.165) is 27.9 Å². The van der Waals surface area contributed by atoms with E-state index in [1.54, 1.807) is 12.1 Å². The SMILES string of the molecule is CC(=O)c1ccc(-c2cc3cccc(C)c3o2)cc1Cl. The second-order valence-corrected chi connectivity index (χ2v) is 5.26. The van der Waals surface area contributed by atoms with E-state index in [9.17, 15) is 4.79 Å². The molecule has 100 valence electrons. The number of para-hydroxylation sites is 1. The largest absolute Gasteiger partial charge is 0.456 e. The lowest BCUT2D eigenvalue weighted by molar-refractivity contribution is 0.101. The molecule has 0 atom stereocenters. The van der Waals surface area contributed by atoms with Crippen molar-refractivity contribution in [2.75, 3.05) is 0 Å². The summed E-state index contributed by atoms with van der Waals surface area (Å²) in [5.41, 5.74) is 3.38. The standard InChI is InChI=1S/C17H13ClO2/c1-10-4-3-5-13-9-16(20-17(10)13)12-6-7-14(11(2)19)15(18)8-12/h3-9H,1-2H3. The van der Waals surface area contributed by atoms with E-state index >= 15 is 0 Å². The molecule has 2 nitrogen and oxygen atoms in total. The summed E-state index contributed by atoms with van der Waals surface area (Å²) in [6.45, 7) is 3.52. The van der Waals surface area contributed by atoms with Gasteiger partial charge in [0.05, 0.1) is 5.02 Å². The van der Waals surface area contributed by atoms with E-state index in [4.69, 9.17) is 16.0 Å². The van der Waals surface area contributed by atoms with Gasteiger partial charge in [-0.05, 0) is 37.6 Å². The van der Waals surface area contributed by atoms with Crippen LogP contribution in [0.25, 0.3) is 22.3 Å². The van der Waals surface area contributed by atoms with Gasteiger partial charge in [0.1, 0.15) is 11.3 Å². The van der Waals surface area contributed by atoms with Crippen LogP contribution in [0.4, 0.5) is 0 Å². The average molecular weight is 285 g/mol. The number of hydrogen-bond acceptors (Lipinski definition) is 2. The van der Waals surface area contributed by atoms with Crippen LogP contribution in [0.15, 0.2) is 46.9 Å². The molecule has 0 bridgehead atoms. The summed E-state index contributed by atoms with van der Waals surface area (Å²) in [7, 11) is 0. The zero-order chi connectivity index (χ0) is 14.3. The Morgan fingerprint density at radius 1 is 1.15 bits per heavy atom. The predicted octanol–water partition coefficient (Wildman–Crippen LogP) is 5.26. The second kappa shape index (κ2) is 4.80. The number of benzene rings is 2. The summed E-state index contributed by atoms with van der Waals surface area (Å²) < 4.78 is 5.90. The van der Waals surface area contributed by atoms with Crippen LogP contribution in [-0.2, 0) is 0 Å². The van der Waals surface area contributed by atoms with Crippen molar-refractivity contribution < 1.29 is 9.21 Å². The first-order chi connectivity index (χ1) is 9.56. The Morgan fingerprint density at radius 2 is 1.95 bits per heavy atom. The normalized spacial score (nSPS) is 10.9. The van der Waals surface area contributed by atoms with Crippen LogP contribution in [0.1, 0.15) is 22.8 Å². The fraction of sp³-hybridized carbons (Fsp3) is 0.118. The van der Waals surface area contributed by atoms with Gasteiger partial charge in [0.2, 0.25) is 0 Å². The Morgan fingerprint density at radius 3 is 2.60 bits per heavy atom. The van der Waals surface area contributed by atoms with Crippen LogP contribution in [0.2, 0.25) is 5.02 Å². The Kier molecular flexibility index (Phi) is 3.11. The van der Waals surface area contributed by atoms with Crippen LogP contribution in [0, 0.1) is 6.92 Å². The monoisotopic (exact) mass is 284 g/mol. The number of hydrogen-bond donors (Lipinski definition) is 0. The van der Waals surface area contributed by atoms with Gasteiger partial charge in [-0.3, -0.25) is 4.79 Å². The molecule has 0 N–H and O–H groups in total. The third-order valence-electron chi connectivity index (χ3n) is 3.37. The number of rotatable bonds is 2. The zero-order valence-electron chi connectivity index (χ0n) is 11.2. The molecule has 3 heteroatoms. The molecular weight excluding hydrogens is 272 g/mol. The first-order valence-electron chi connectivity index (χ1n) is 6.36. The lowest BCUT2D eigenvalue weighted by Crippen LogP contribution is -1.92. The summed E-state index contributed by atoms with van der Waals surface area (Å²) in [5, 5.41) is 1.51. The first-order valence-corrected chi connectivity index (χ1v) is 6.74. The number of fused-ring (bicyclic) bond motifs is 1. The van der Waals surface area contributed by atoms with Gasteiger partial charge < -0.3 is 4.42 Å². The molecule has 0 unspecified atom stereocenters. The van der Waals surface area contributed by atoms with Gasteiger partial charge in [-0.15, -0.1) is 0 Å². The Balaban J connectivity index is 2.13. The van der Waals surface area contributed by atoms with Crippen molar-refractivity contribution >= 4 is 28.4 Å². The smallest absolute Gasteiger partial charge is 0.161 e. The van der Waals surface area contributed by atoms with Crippen LogP contribution >= 0.6 is 11.6 Å². The summed E-state index contributed by atoms with van der Waals surface area (Å²) in [4.78, 5) is 11.4. The van der Waals surface area contributed by atoms with Gasteiger partial charge in [-0.1, -0.05) is 35.9 Å². The summed E-state index contributed by atoms with van der Waals surface area (Å²) in [6.07, 6.45) is 0. The Labute approximate surface area is 122 Å². The second-order valence-electron chi connectivity index (χ2n) is 4.85. The van der Waals surface area contributed by atoms with Gasteiger partial charge in [0.15, 0.2) is 5.78 Å². The highest BCUT2D eigenvalue weighted by Crippen LogP contribution is 2.31. The fourth-order valence-electron chi connectivity index (χ4n) is 2.31. The highest BCUT2D eigenvalue weighted by Gasteiger charge is 2.11. The molecule has 20 heavy (non-hydrogen) atoms. The minimum Gasteiger partial charge on any atom is -0.456 e. The summed E-state index contributed by atoms with van der Waals surface area (Å²) in [6, 6.07) is 13.4. The molecule has 0 fully saturated rings. The third-order valence-corrected chi connectivity index (χ3v) is 3.69. The summed E-state index contributed by atoms with van der Waals surface area (Å²) in [5.74, 6) is 0.716. The molecule has 0 amide bonds. The van der Waals surface area contributed by atoms with Crippen LogP contribution in [0.3, 0.4) is 0 Å². The molecule has 0 aliphatic carbocycles. The van der Waals surface area contributed by atoms with Gasteiger partial charge in [0.25, 0.3) is 0 Å². The number of ketones is 1. The van der Waals surface area contributed by atoms with Crippen molar-refractivity contribution in [3.05, 3.63) is 58.6 Å². The number of halogens is 1. The van der Waals surface area contributed by atoms with E-state index in [1.165, 1.54) is 6.92 Å². The van der Waals surface area contributed by atoms with Crippen molar-refractivity contribution in [2.45, 2.75) is 13.8 Å². The fourth-order valence-corrected chi connectivity index (χ4v) is 2.62. The van der Waals surface area contributed by atoms with Crippen molar-refractivity contribution in [3.63, 3.8) is 0 Å². The minimum absolute atomic E-state index is 0.0398.